The SMILES string of the molecule is CCC(CCN)CN(C)N/C(=C(/C)S)c1c[nH]c2ncc(-c3ccccc3)cc12. The lowest BCUT2D eigenvalue weighted by Crippen LogP contribution is -2.37. The molecule has 0 fully saturated rings. The number of fused-ring (bicyclic) bond motifs is 1. The minimum atomic E-state index is 0.563. The van der Waals surface area contributed by atoms with Crippen LogP contribution in [0.3, 0.4) is 0 Å². The van der Waals surface area contributed by atoms with Crippen LogP contribution in [-0.4, -0.2) is 35.1 Å². The highest BCUT2D eigenvalue weighted by atomic mass is 32.1. The number of hydrogen-bond donors (Lipinski definition) is 4. The van der Waals surface area contributed by atoms with Gasteiger partial charge < -0.3 is 16.1 Å². The van der Waals surface area contributed by atoms with Gasteiger partial charge in [-0.3, -0.25) is 0 Å². The molecule has 6 heteroatoms. The first-order valence-corrected chi connectivity index (χ1v) is 10.6. The molecule has 1 atom stereocenters. The Morgan fingerprint density at radius 2 is 2.03 bits per heavy atom. The molecule has 0 spiro atoms. The van der Waals surface area contributed by atoms with E-state index in [9.17, 15) is 0 Å². The number of rotatable bonds is 9. The van der Waals surface area contributed by atoms with Crippen molar-refractivity contribution in [2.75, 3.05) is 20.1 Å². The van der Waals surface area contributed by atoms with Crippen LogP contribution < -0.4 is 11.2 Å². The molecule has 0 aliphatic carbocycles. The van der Waals surface area contributed by atoms with Crippen LogP contribution in [0, 0.1) is 5.92 Å². The molecule has 29 heavy (non-hydrogen) atoms. The smallest absolute Gasteiger partial charge is 0.137 e. The Hall–Kier alpha value is -2.28. The van der Waals surface area contributed by atoms with Crippen LogP contribution in [0.1, 0.15) is 32.3 Å². The number of aromatic nitrogens is 2. The van der Waals surface area contributed by atoms with Gasteiger partial charge in [0.1, 0.15) is 5.65 Å². The second kappa shape index (κ2) is 9.96. The Labute approximate surface area is 178 Å². The molecular formula is C23H31N5S. The maximum absolute atomic E-state index is 5.76. The number of allylic oxidation sites excluding steroid dienone is 1. The van der Waals surface area contributed by atoms with Crippen molar-refractivity contribution in [3.63, 3.8) is 0 Å². The van der Waals surface area contributed by atoms with E-state index in [1.54, 1.807) is 0 Å². The molecule has 1 aromatic carbocycles. The van der Waals surface area contributed by atoms with Crippen LogP contribution in [-0.2, 0) is 0 Å². The second-order valence-corrected chi connectivity index (χ2v) is 8.16. The van der Waals surface area contributed by atoms with Gasteiger partial charge in [-0.25, -0.2) is 9.99 Å². The van der Waals surface area contributed by atoms with Gasteiger partial charge in [0.2, 0.25) is 0 Å². The predicted octanol–water partition coefficient (Wildman–Crippen LogP) is 4.66. The summed E-state index contributed by atoms with van der Waals surface area (Å²) in [5.74, 6) is 0.563. The van der Waals surface area contributed by atoms with E-state index >= 15 is 0 Å². The minimum Gasteiger partial charge on any atom is -0.345 e. The normalized spacial score (nSPS) is 13.6. The largest absolute Gasteiger partial charge is 0.345 e. The van der Waals surface area contributed by atoms with E-state index < -0.39 is 0 Å². The Bertz CT molecular complexity index is 960. The summed E-state index contributed by atoms with van der Waals surface area (Å²) < 4.78 is 0. The molecule has 0 bridgehead atoms. The van der Waals surface area contributed by atoms with E-state index in [-0.39, 0.29) is 0 Å². The van der Waals surface area contributed by atoms with Gasteiger partial charge in [0, 0.05) is 47.4 Å². The molecule has 3 aromatic rings. The average Bonchev–Trinajstić information content (AvgIpc) is 3.15. The van der Waals surface area contributed by atoms with Crippen molar-refractivity contribution in [3.05, 3.63) is 59.3 Å². The van der Waals surface area contributed by atoms with E-state index in [0.29, 0.717) is 5.92 Å². The first-order chi connectivity index (χ1) is 14.0. The lowest BCUT2D eigenvalue weighted by atomic mass is 10.0. The standard InChI is InChI=1S/C23H31N5S/c1-4-17(10-11-24)15-28(3)27-22(16(2)29)21-14-26-23-20(21)12-19(13-25-23)18-8-6-5-7-9-18/h5-9,12-14,17,27,29H,4,10-11,15,24H2,1-3H3,(H,25,26)/b22-16-. The number of benzene rings is 1. The molecule has 0 amide bonds. The average molecular weight is 410 g/mol. The number of nitrogens with zero attached hydrogens (tertiary/aromatic N) is 2. The second-order valence-electron chi connectivity index (χ2n) is 7.49. The minimum absolute atomic E-state index is 0.563. The van der Waals surface area contributed by atoms with Gasteiger partial charge in [0.15, 0.2) is 0 Å². The number of nitrogens with one attached hydrogen (secondary N) is 2. The Balaban J connectivity index is 1.91. The van der Waals surface area contributed by atoms with Crippen molar-refractivity contribution in [2.45, 2.75) is 26.7 Å². The maximum Gasteiger partial charge on any atom is 0.137 e. The van der Waals surface area contributed by atoms with Gasteiger partial charge in [-0.15, -0.1) is 12.6 Å². The summed E-state index contributed by atoms with van der Waals surface area (Å²) in [7, 11) is 2.07. The van der Waals surface area contributed by atoms with Gasteiger partial charge in [0.25, 0.3) is 0 Å². The molecule has 0 saturated carbocycles. The Kier molecular flexibility index (Phi) is 7.36. The summed E-state index contributed by atoms with van der Waals surface area (Å²) >= 11 is 4.67. The van der Waals surface area contributed by atoms with E-state index in [1.165, 1.54) is 0 Å². The molecule has 5 nitrogen and oxygen atoms in total. The highest BCUT2D eigenvalue weighted by Gasteiger charge is 2.16. The van der Waals surface area contributed by atoms with Crippen LogP contribution in [0.2, 0.25) is 0 Å². The van der Waals surface area contributed by atoms with Crippen LogP contribution in [0.4, 0.5) is 0 Å². The van der Waals surface area contributed by atoms with Crippen molar-refractivity contribution in [1.29, 1.82) is 0 Å². The van der Waals surface area contributed by atoms with E-state index in [0.717, 1.165) is 64.3 Å². The zero-order chi connectivity index (χ0) is 20.8. The van der Waals surface area contributed by atoms with E-state index in [1.807, 2.05) is 37.5 Å². The lowest BCUT2D eigenvalue weighted by molar-refractivity contribution is 0.227. The predicted molar refractivity (Wildman–Crippen MR) is 126 cm³/mol. The molecule has 154 valence electrons. The number of thiol groups is 1. The summed E-state index contributed by atoms with van der Waals surface area (Å²) in [6.07, 6.45) is 6.05. The molecule has 4 N–H and O–H groups in total. The van der Waals surface area contributed by atoms with Gasteiger partial charge in [-0.1, -0.05) is 43.7 Å². The van der Waals surface area contributed by atoms with E-state index in [4.69, 9.17) is 5.73 Å². The number of hydrazine groups is 1. The van der Waals surface area contributed by atoms with Crippen LogP contribution >= 0.6 is 12.6 Å². The van der Waals surface area contributed by atoms with Gasteiger partial charge >= 0.3 is 0 Å². The summed E-state index contributed by atoms with van der Waals surface area (Å²) in [6.45, 7) is 5.86. The Morgan fingerprint density at radius 3 is 2.69 bits per heavy atom. The van der Waals surface area contributed by atoms with Crippen molar-refractivity contribution in [2.24, 2.45) is 11.7 Å². The first-order valence-electron chi connectivity index (χ1n) is 10.1. The van der Waals surface area contributed by atoms with Crippen LogP contribution in [0.25, 0.3) is 27.9 Å². The van der Waals surface area contributed by atoms with E-state index in [2.05, 4.69) is 65.2 Å². The first kappa shape index (κ1) is 21.4. The fraction of sp³-hybridized carbons (Fsp3) is 0.348. The monoisotopic (exact) mass is 409 g/mol. The highest BCUT2D eigenvalue weighted by molar-refractivity contribution is 7.84. The summed E-state index contributed by atoms with van der Waals surface area (Å²) in [6, 6.07) is 12.5. The fourth-order valence-electron chi connectivity index (χ4n) is 3.62. The molecular weight excluding hydrogens is 378 g/mol. The topological polar surface area (TPSA) is 70.0 Å². The number of H-pyrrole nitrogens is 1. The molecule has 3 rings (SSSR count). The third-order valence-electron chi connectivity index (χ3n) is 5.26. The molecule has 0 aliphatic heterocycles. The summed E-state index contributed by atoms with van der Waals surface area (Å²) in [5.41, 5.74) is 14.5. The number of aromatic amines is 1. The molecule has 2 aromatic heterocycles. The number of hydrogen-bond acceptors (Lipinski definition) is 5. The number of nitrogens with two attached hydrogens (primary N) is 1. The third-order valence-corrected chi connectivity index (χ3v) is 5.48. The molecule has 2 heterocycles. The maximum atomic E-state index is 5.76. The molecule has 0 radical (unpaired) electrons. The third kappa shape index (κ3) is 5.21. The van der Waals surface area contributed by atoms with Crippen molar-refractivity contribution < 1.29 is 0 Å². The summed E-state index contributed by atoms with van der Waals surface area (Å²) in [5, 5.41) is 3.20. The quantitative estimate of drug-likeness (QED) is 0.306. The van der Waals surface area contributed by atoms with Crippen molar-refractivity contribution in [1.82, 2.24) is 20.4 Å². The van der Waals surface area contributed by atoms with Crippen molar-refractivity contribution in [3.8, 4) is 11.1 Å². The van der Waals surface area contributed by atoms with Gasteiger partial charge in [0.05, 0.1) is 5.70 Å². The van der Waals surface area contributed by atoms with Gasteiger partial charge in [-0.05, 0) is 37.4 Å². The van der Waals surface area contributed by atoms with Crippen LogP contribution in [0.5, 0.6) is 0 Å². The lowest BCUT2D eigenvalue weighted by Gasteiger charge is -2.26. The Morgan fingerprint density at radius 1 is 1.28 bits per heavy atom. The summed E-state index contributed by atoms with van der Waals surface area (Å²) in [4.78, 5) is 8.85. The van der Waals surface area contributed by atoms with Crippen LogP contribution in [0.15, 0.2) is 53.7 Å². The van der Waals surface area contributed by atoms with Gasteiger partial charge in [-0.2, -0.15) is 0 Å². The number of pyridine rings is 1. The molecule has 1 unspecified atom stereocenters. The fourth-order valence-corrected chi connectivity index (χ4v) is 3.79. The zero-order valence-electron chi connectivity index (χ0n) is 17.4. The zero-order valence-corrected chi connectivity index (χ0v) is 18.3. The highest BCUT2D eigenvalue weighted by Crippen LogP contribution is 2.29. The molecule has 0 saturated heterocycles. The van der Waals surface area contributed by atoms with Crippen molar-refractivity contribution >= 4 is 29.4 Å². The molecule has 0 aliphatic rings.